The Kier molecular flexibility index (Phi) is 3.82. The van der Waals surface area contributed by atoms with Gasteiger partial charge in [-0.05, 0) is 35.2 Å². The molecule has 1 aliphatic rings. The molecular formula is C14H16N6O2. The molecule has 8 nitrogen and oxygen atoms in total. The van der Waals surface area contributed by atoms with Gasteiger partial charge in [0.1, 0.15) is 0 Å². The third-order valence-electron chi connectivity index (χ3n) is 3.66. The number of aryl methyl sites for hydroxylation is 1. The topological polar surface area (TPSA) is 104 Å². The fraction of sp³-hybridized carbons (Fsp3) is 0.357. The van der Waals surface area contributed by atoms with Crippen LogP contribution in [-0.4, -0.2) is 39.5 Å². The molecule has 114 valence electrons. The van der Waals surface area contributed by atoms with E-state index in [4.69, 9.17) is 0 Å². The highest BCUT2D eigenvalue weighted by Gasteiger charge is 2.18. The van der Waals surface area contributed by atoms with E-state index in [1.165, 1.54) is 4.90 Å². The van der Waals surface area contributed by atoms with Gasteiger partial charge in [0.05, 0.1) is 6.42 Å². The number of aromatic nitrogens is 4. The van der Waals surface area contributed by atoms with Crippen LogP contribution in [0.2, 0.25) is 0 Å². The number of benzene rings is 1. The first-order chi connectivity index (χ1) is 10.6. The summed E-state index contributed by atoms with van der Waals surface area (Å²) >= 11 is 0. The van der Waals surface area contributed by atoms with Crippen molar-refractivity contribution in [1.29, 1.82) is 0 Å². The van der Waals surface area contributed by atoms with E-state index in [-0.39, 0.29) is 17.8 Å². The first kappa shape index (κ1) is 14.2. The van der Waals surface area contributed by atoms with Crippen molar-refractivity contribution < 1.29 is 9.59 Å². The minimum atomic E-state index is -0.0561. The lowest BCUT2D eigenvalue weighted by Gasteiger charge is -2.11. The fourth-order valence-corrected chi connectivity index (χ4v) is 2.46. The number of H-pyrrole nitrogens is 1. The molecule has 0 radical (unpaired) electrons. The third kappa shape index (κ3) is 2.95. The lowest BCUT2D eigenvalue weighted by atomic mass is 10.0. The van der Waals surface area contributed by atoms with E-state index < -0.39 is 0 Å². The smallest absolute Gasteiger partial charge is 0.272 e. The number of nitrogens with zero attached hydrogens (tertiary/aromatic N) is 4. The summed E-state index contributed by atoms with van der Waals surface area (Å²) in [5.74, 6) is 0.246. The second kappa shape index (κ2) is 5.92. The van der Waals surface area contributed by atoms with E-state index in [1.807, 2.05) is 18.2 Å². The van der Waals surface area contributed by atoms with Crippen LogP contribution in [0.15, 0.2) is 18.2 Å². The lowest BCUT2D eigenvalue weighted by molar-refractivity contribution is -0.118. The molecule has 0 saturated heterocycles. The zero-order valence-corrected chi connectivity index (χ0v) is 12.2. The Bertz CT molecular complexity index is 697. The summed E-state index contributed by atoms with van der Waals surface area (Å²) in [7, 11) is 1.62. The summed E-state index contributed by atoms with van der Waals surface area (Å²) in [6, 6.07) is 5.93. The van der Waals surface area contributed by atoms with Gasteiger partial charge in [-0.3, -0.25) is 14.5 Å². The molecule has 0 saturated carbocycles. The summed E-state index contributed by atoms with van der Waals surface area (Å²) in [5, 5.41) is 16.1. The van der Waals surface area contributed by atoms with Crippen LogP contribution < -0.4 is 10.2 Å². The number of tetrazole rings is 1. The van der Waals surface area contributed by atoms with E-state index in [0.29, 0.717) is 12.8 Å². The molecule has 2 aromatic rings. The van der Waals surface area contributed by atoms with Crippen LogP contribution in [0.5, 0.6) is 0 Å². The van der Waals surface area contributed by atoms with Crippen molar-refractivity contribution in [1.82, 2.24) is 20.6 Å². The highest BCUT2D eigenvalue weighted by molar-refractivity contribution is 5.99. The highest BCUT2D eigenvalue weighted by Crippen LogP contribution is 2.24. The molecular weight excluding hydrogens is 284 g/mol. The normalized spacial score (nSPS) is 12.9. The first-order valence-electron chi connectivity index (χ1n) is 7.05. The molecule has 1 aliphatic heterocycles. The first-order valence-corrected chi connectivity index (χ1v) is 7.05. The van der Waals surface area contributed by atoms with Gasteiger partial charge in [-0.15, -0.1) is 5.10 Å². The number of aromatic amines is 1. The van der Waals surface area contributed by atoms with Gasteiger partial charge in [-0.2, -0.15) is 5.21 Å². The van der Waals surface area contributed by atoms with E-state index in [9.17, 15) is 9.59 Å². The van der Waals surface area contributed by atoms with E-state index in [2.05, 4.69) is 25.9 Å². The second-order valence-electron chi connectivity index (χ2n) is 5.23. The van der Waals surface area contributed by atoms with Gasteiger partial charge in [0.25, 0.3) is 5.95 Å². The van der Waals surface area contributed by atoms with Crippen molar-refractivity contribution in [2.24, 2.45) is 0 Å². The Hall–Kier alpha value is -2.77. The Balaban J connectivity index is 1.52. The summed E-state index contributed by atoms with van der Waals surface area (Å²) in [6.45, 7) is 0. The Morgan fingerprint density at radius 3 is 3.05 bits per heavy atom. The molecule has 2 N–H and O–H groups in total. The van der Waals surface area contributed by atoms with Crippen LogP contribution in [0.4, 0.5) is 11.6 Å². The van der Waals surface area contributed by atoms with Crippen molar-refractivity contribution in [2.45, 2.75) is 25.7 Å². The van der Waals surface area contributed by atoms with Crippen LogP contribution in [0.25, 0.3) is 0 Å². The van der Waals surface area contributed by atoms with Crippen molar-refractivity contribution in [3.05, 3.63) is 29.3 Å². The number of anilines is 2. The zero-order valence-electron chi connectivity index (χ0n) is 12.2. The number of carbonyl (C=O) groups is 2. The number of fused-ring (bicyclic) bond motifs is 1. The predicted octanol–water partition coefficient (Wildman–Crippen LogP) is 0.680. The quantitative estimate of drug-likeness (QED) is 0.845. The predicted molar refractivity (Wildman–Crippen MR) is 79.3 cm³/mol. The van der Waals surface area contributed by atoms with Gasteiger partial charge in [0.2, 0.25) is 11.8 Å². The molecule has 0 atom stereocenters. The summed E-state index contributed by atoms with van der Waals surface area (Å²) in [4.78, 5) is 24.7. The van der Waals surface area contributed by atoms with Crippen LogP contribution in [0.3, 0.4) is 0 Å². The van der Waals surface area contributed by atoms with Gasteiger partial charge in [-0.25, -0.2) is 0 Å². The molecule has 1 aromatic carbocycles. The van der Waals surface area contributed by atoms with Crippen molar-refractivity contribution in [3.63, 3.8) is 0 Å². The summed E-state index contributed by atoms with van der Waals surface area (Å²) in [6.07, 6.45) is 2.34. The van der Waals surface area contributed by atoms with Crippen LogP contribution >= 0.6 is 0 Å². The molecule has 0 fully saturated rings. The number of hydrogen-bond donors (Lipinski definition) is 2. The number of hydrogen-bond acceptors (Lipinski definition) is 5. The Morgan fingerprint density at radius 1 is 1.41 bits per heavy atom. The van der Waals surface area contributed by atoms with E-state index in [0.717, 1.165) is 29.7 Å². The van der Waals surface area contributed by atoms with Crippen LogP contribution in [0.1, 0.15) is 24.0 Å². The molecule has 0 unspecified atom stereocenters. The molecule has 8 heteroatoms. The number of carbonyl (C=O) groups excluding carboxylic acids is 2. The minimum Gasteiger partial charge on any atom is -0.326 e. The van der Waals surface area contributed by atoms with Gasteiger partial charge in [-0.1, -0.05) is 17.2 Å². The van der Waals surface area contributed by atoms with Gasteiger partial charge in [0.15, 0.2) is 0 Å². The monoisotopic (exact) mass is 300 g/mol. The molecule has 0 aliphatic carbocycles. The van der Waals surface area contributed by atoms with Crippen molar-refractivity contribution in [2.75, 3.05) is 17.3 Å². The van der Waals surface area contributed by atoms with Gasteiger partial charge < -0.3 is 5.32 Å². The zero-order chi connectivity index (χ0) is 15.5. The van der Waals surface area contributed by atoms with Crippen LogP contribution in [0, 0.1) is 0 Å². The maximum absolute atomic E-state index is 12.0. The summed E-state index contributed by atoms with van der Waals surface area (Å²) in [5.41, 5.74) is 3.05. The Labute approximate surface area is 126 Å². The number of amides is 2. The van der Waals surface area contributed by atoms with Crippen molar-refractivity contribution in [3.8, 4) is 0 Å². The molecule has 3 rings (SSSR count). The fourth-order valence-electron chi connectivity index (χ4n) is 2.46. The molecule has 22 heavy (non-hydrogen) atoms. The SMILES string of the molecule is CN(C(=O)CCCc1ccc2c(c1)CC(=O)N2)c1nn[nH]n1. The molecule has 2 amide bonds. The highest BCUT2D eigenvalue weighted by atomic mass is 16.2. The molecule has 0 bridgehead atoms. The summed E-state index contributed by atoms with van der Waals surface area (Å²) < 4.78 is 0. The van der Waals surface area contributed by atoms with Crippen LogP contribution in [-0.2, 0) is 22.4 Å². The second-order valence-corrected chi connectivity index (χ2v) is 5.23. The Morgan fingerprint density at radius 2 is 2.27 bits per heavy atom. The minimum absolute atomic E-state index is 0.0315. The van der Waals surface area contributed by atoms with E-state index >= 15 is 0 Å². The lowest BCUT2D eigenvalue weighted by Crippen LogP contribution is -2.27. The largest absolute Gasteiger partial charge is 0.326 e. The molecule has 0 spiro atoms. The van der Waals surface area contributed by atoms with E-state index in [1.54, 1.807) is 7.05 Å². The number of nitrogens with one attached hydrogen (secondary N) is 2. The molecule has 1 aromatic heterocycles. The third-order valence-corrected chi connectivity index (χ3v) is 3.66. The number of rotatable bonds is 5. The maximum atomic E-state index is 12.0. The van der Waals surface area contributed by atoms with Gasteiger partial charge in [0, 0.05) is 19.2 Å². The maximum Gasteiger partial charge on any atom is 0.272 e. The van der Waals surface area contributed by atoms with Crippen molar-refractivity contribution >= 4 is 23.5 Å². The molecule has 2 heterocycles. The average molecular weight is 300 g/mol. The average Bonchev–Trinajstić information content (AvgIpc) is 3.14. The standard InChI is InChI=1S/C14H16N6O2/c1-20(14-16-18-19-17-14)13(22)4-2-3-9-5-6-11-10(7-9)8-12(21)15-11/h5-7H,2-4,8H2,1H3,(H,15,21)(H,16,17,18,19). The van der Waals surface area contributed by atoms with Gasteiger partial charge >= 0.3 is 0 Å².